The molecule has 0 amide bonds. The lowest BCUT2D eigenvalue weighted by molar-refractivity contribution is 0.309. The third kappa shape index (κ3) is 4.26. The van der Waals surface area contributed by atoms with Crippen LogP contribution in [0, 0.1) is 6.92 Å². The molecule has 4 aromatic rings. The van der Waals surface area contributed by atoms with Crippen LogP contribution in [0.3, 0.4) is 0 Å². The molecule has 0 unspecified atom stereocenters. The van der Waals surface area contributed by atoms with E-state index in [9.17, 15) is 0 Å². The van der Waals surface area contributed by atoms with Gasteiger partial charge in [0.25, 0.3) is 0 Å². The lowest BCUT2D eigenvalue weighted by atomic mass is 10.1. The molecule has 2 aromatic carbocycles. The second kappa shape index (κ2) is 8.27. The third-order valence-corrected chi connectivity index (χ3v) is 6.12. The molecule has 1 fully saturated rings. The van der Waals surface area contributed by atoms with Gasteiger partial charge in [-0.2, -0.15) is 0 Å². The van der Waals surface area contributed by atoms with Crippen molar-refractivity contribution in [3.8, 4) is 11.5 Å². The van der Waals surface area contributed by atoms with Crippen molar-refractivity contribution >= 4 is 26.8 Å². The van der Waals surface area contributed by atoms with Gasteiger partial charge in [-0.1, -0.05) is 28.1 Å². The van der Waals surface area contributed by atoms with E-state index in [-0.39, 0.29) is 0 Å². The molecule has 1 saturated carbocycles. The SMILES string of the molecule is COc1ccc(COc2cc([C@H]3C[C@@H]3c3nccc(C)n3)nc3cc(Br)ccc23)cc1. The zero-order valence-corrected chi connectivity index (χ0v) is 19.0. The summed E-state index contributed by atoms with van der Waals surface area (Å²) in [4.78, 5) is 14.0. The first-order chi connectivity index (χ1) is 15.1. The number of ether oxygens (including phenoxy) is 2. The summed E-state index contributed by atoms with van der Waals surface area (Å²) in [7, 11) is 1.67. The number of aromatic nitrogens is 3. The Bertz CT molecular complexity index is 1240. The van der Waals surface area contributed by atoms with E-state index in [1.165, 1.54) is 0 Å². The van der Waals surface area contributed by atoms with E-state index in [0.29, 0.717) is 18.4 Å². The van der Waals surface area contributed by atoms with Crippen LogP contribution in [0.5, 0.6) is 11.5 Å². The minimum Gasteiger partial charge on any atom is -0.497 e. The number of nitrogens with zero attached hydrogens (tertiary/aromatic N) is 3. The van der Waals surface area contributed by atoms with Crippen LogP contribution in [0.15, 0.2) is 65.3 Å². The van der Waals surface area contributed by atoms with Crippen molar-refractivity contribution in [1.29, 1.82) is 0 Å². The molecular formula is C25H22BrN3O2. The maximum absolute atomic E-state index is 6.27. The number of hydrogen-bond acceptors (Lipinski definition) is 5. The Morgan fingerprint density at radius 3 is 2.61 bits per heavy atom. The van der Waals surface area contributed by atoms with Gasteiger partial charge in [-0.05, 0) is 55.3 Å². The molecule has 6 heteroatoms. The predicted octanol–water partition coefficient (Wildman–Crippen LogP) is 5.95. The predicted molar refractivity (Wildman–Crippen MR) is 124 cm³/mol. The van der Waals surface area contributed by atoms with Crippen LogP contribution < -0.4 is 9.47 Å². The zero-order valence-electron chi connectivity index (χ0n) is 17.4. The Morgan fingerprint density at radius 1 is 1.00 bits per heavy atom. The Hall–Kier alpha value is -2.99. The lowest BCUT2D eigenvalue weighted by Gasteiger charge is -2.12. The summed E-state index contributed by atoms with van der Waals surface area (Å²) >= 11 is 3.57. The Balaban J connectivity index is 1.44. The van der Waals surface area contributed by atoms with E-state index < -0.39 is 0 Å². The topological polar surface area (TPSA) is 57.1 Å². The molecule has 1 aliphatic rings. The van der Waals surface area contributed by atoms with Crippen molar-refractivity contribution in [2.24, 2.45) is 0 Å². The molecule has 0 N–H and O–H groups in total. The van der Waals surface area contributed by atoms with Gasteiger partial charge >= 0.3 is 0 Å². The average Bonchev–Trinajstić information content (AvgIpc) is 3.58. The first-order valence-electron chi connectivity index (χ1n) is 10.3. The molecule has 0 radical (unpaired) electrons. The molecule has 156 valence electrons. The normalized spacial score (nSPS) is 17.5. The number of halogens is 1. The van der Waals surface area contributed by atoms with Crippen molar-refractivity contribution in [2.45, 2.75) is 31.8 Å². The van der Waals surface area contributed by atoms with Gasteiger partial charge in [-0.3, -0.25) is 4.98 Å². The van der Waals surface area contributed by atoms with Gasteiger partial charge in [0, 0.05) is 45.3 Å². The van der Waals surface area contributed by atoms with Gasteiger partial charge in [0.05, 0.1) is 12.6 Å². The second-order valence-electron chi connectivity index (χ2n) is 7.85. The molecule has 31 heavy (non-hydrogen) atoms. The van der Waals surface area contributed by atoms with E-state index in [1.807, 2.05) is 61.7 Å². The highest BCUT2D eigenvalue weighted by atomic mass is 79.9. The fraction of sp³-hybridized carbons (Fsp3) is 0.240. The minimum atomic E-state index is 0.312. The number of aryl methyl sites for hydroxylation is 1. The molecular weight excluding hydrogens is 454 g/mol. The lowest BCUT2D eigenvalue weighted by Crippen LogP contribution is -2.00. The highest BCUT2D eigenvalue weighted by Gasteiger charge is 2.43. The van der Waals surface area contributed by atoms with Crippen molar-refractivity contribution in [3.05, 3.63) is 88.0 Å². The third-order valence-electron chi connectivity index (χ3n) is 5.62. The summed E-state index contributed by atoms with van der Waals surface area (Å²) in [5.41, 5.74) is 4.04. The van der Waals surface area contributed by atoms with Crippen molar-refractivity contribution in [1.82, 2.24) is 15.0 Å². The average molecular weight is 476 g/mol. The van der Waals surface area contributed by atoms with Gasteiger partial charge in [0.2, 0.25) is 0 Å². The summed E-state index contributed by atoms with van der Waals surface area (Å²) in [6.45, 7) is 2.48. The van der Waals surface area contributed by atoms with Crippen LogP contribution in [0.2, 0.25) is 0 Å². The van der Waals surface area contributed by atoms with Gasteiger partial charge in [0.1, 0.15) is 23.9 Å². The van der Waals surface area contributed by atoms with Crippen LogP contribution in [0.25, 0.3) is 10.9 Å². The highest BCUT2D eigenvalue weighted by molar-refractivity contribution is 9.10. The van der Waals surface area contributed by atoms with E-state index in [4.69, 9.17) is 14.5 Å². The number of fused-ring (bicyclic) bond motifs is 1. The number of pyridine rings is 1. The molecule has 0 spiro atoms. The molecule has 5 rings (SSSR count). The monoisotopic (exact) mass is 475 g/mol. The van der Waals surface area contributed by atoms with Crippen molar-refractivity contribution in [2.75, 3.05) is 7.11 Å². The van der Waals surface area contributed by atoms with Crippen molar-refractivity contribution < 1.29 is 9.47 Å². The van der Waals surface area contributed by atoms with E-state index in [2.05, 4.69) is 32.0 Å². The quantitative estimate of drug-likeness (QED) is 0.344. The van der Waals surface area contributed by atoms with Gasteiger partial charge in [0.15, 0.2) is 0 Å². The summed E-state index contributed by atoms with van der Waals surface area (Å²) in [5, 5.41) is 1.00. The van der Waals surface area contributed by atoms with E-state index in [1.54, 1.807) is 7.11 Å². The van der Waals surface area contributed by atoms with Crippen LogP contribution in [-0.4, -0.2) is 22.1 Å². The van der Waals surface area contributed by atoms with Gasteiger partial charge in [-0.15, -0.1) is 0 Å². The van der Waals surface area contributed by atoms with E-state index >= 15 is 0 Å². The van der Waals surface area contributed by atoms with Gasteiger partial charge in [-0.25, -0.2) is 9.97 Å². The standard InChI is InChI=1S/C25H22BrN3O2/c1-15-9-10-27-25(28-15)21-12-20(21)23-13-24(19-8-5-17(26)11-22(19)29-23)31-14-16-3-6-18(30-2)7-4-16/h3-11,13,20-21H,12,14H2,1-2H3/t20-,21-/m0/s1. The molecule has 0 saturated heterocycles. The summed E-state index contributed by atoms with van der Waals surface area (Å²) in [6.07, 6.45) is 2.84. The maximum Gasteiger partial charge on any atom is 0.132 e. The first-order valence-corrected chi connectivity index (χ1v) is 11.1. The zero-order chi connectivity index (χ0) is 21.4. The first kappa shape index (κ1) is 19.9. The molecule has 2 aromatic heterocycles. The maximum atomic E-state index is 6.27. The second-order valence-corrected chi connectivity index (χ2v) is 8.76. The van der Waals surface area contributed by atoms with Crippen molar-refractivity contribution in [3.63, 3.8) is 0 Å². The minimum absolute atomic E-state index is 0.312. The number of methoxy groups -OCH3 is 1. The number of benzene rings is 2. The van der Waals surface area contributed by atoms with Gasteiger partial charge < -0.3 is 9.47 Å². The molecule has 1 aliphatic carbocycles. The summed E-state index contributed by atoms with van der Waals surface area (Å²) in [5.74, 6) is 3.21. The fourth-order valence-electron chi connectivity index (χ4n) is 3.84. The molecule has 0 aliphatic heterocycles. The highest BCUT2D eigenvalue weighted by Crippen LogP contribution is 2.53. The molecule has 2 atom stereocenters. The van der Waals surface area contributed by atoms with Crippen LogP contribution >= 0.6 is 15.9 Å². The Morgan fingerprint density at radius 2 is 1.84 bits per heavy atom. The molecule has 2 heterocycles. The smallest absolute Gasteiger partial charge is 0.132 e. The number of rotatable bonds is 6. The van der Waals surface area contributed by atoms with Crippen LogP contribution in [0.4, 0.5) is 0 Å². The molecule has 5 nitrogen and oxygen atoms in total. The Labute approximate surface area is 189 Å². The number of hydrogen-bond donors (Lipinski definition) is 0. The van der Waals surface area contributed by atoms with E-state index in [0.717, 1.165) is 56.1 Å². The van der Waals surface area contributed by atoms with Crippen LogP contribution in [-0.2, 0) is 6.61 Å². The summed E-state index contributed by atoms with van der Waals surface area (Å²) < 4.78 is 12.5. The fourth-order valence-corrected chi connectivity index (χ4v) is 4.18. The van der Waals surface area contributed by atoms with Crippen LogP contribution in [0.1, 0.15) is 41.0 Å². The molecule has 0 bridgehead atoms. The largest absolute Gasteiger partial charge is 0.497 e. The Kier molecular flexibility index (Phi) is 5.32. The summed E-state index contributed by atoms with van der Waals surface area (Å²) in [6, 6.07) is 18.1.